The van der Waals surface area contributed by atoms with Crippen molar-refractivity contribution in [3.05, 3.63) is 15.6 Å². The van der Waals surface area contributed by atoms with Crippen molar-refractivity contribution in [2.24, 2.45) is 5.92 Å². The first-order valence-electron chi connectivity index (χ1n) is 7.47. The molecule has 0 aliphatic heterocycles. The molecular weight excluding hydrogens is 240 g/mol. The maximum absolute atomic E-state index is 4.91. The first-order chi connectivity index (χ1) is 8.78. The van der Waals surface area contributed by atoms with Gasteiger partial charge in [0.2, 0.25) is 0 Å². The van der Waals surface area contributed by atoms with Crippen LogP contribution in [0.1, 0.15) is 68.0 Å². The fraction of sp³-hybridized carbons (Fsp3) is 0.800. The molecule has 2 nitrogen and oxygen atoms in total. The monoisotopic (exact) mass is 266 g/mol. The zero-order valence-electron chi connectivity index (χ0n) is 12.0. The van der Waals surface area contributed by atoms with Gasteiger partial charge < -0.3 is 5.32 Å². The largest absolute Gasteiger partial charge is 0.312 e. The molecule has 2 rings (SSSR count). The molecule has 1 fully saturated rings. The minimum absolute atomic E-state index is 0.751. The van der Waals surface area contributed by atoms with Crippen LogP contribution in [-0.4, -0.2) is 11.5 Å². The lowest BCUT2D eigenvalue weighted by molar-refractivity contribution is 0.521. The van der Waals surface area contributed by atoms with Crippen LogP contribution in [0.25, 0.3) is 0 Å². The Morgan fingerprint density at radius 1 is 1.28 bits per heavy atom. The molecule has 3 heteroatoms. The van der Waals surface area contributed by atoms with Crippen molar-refractivity contribution in [3.8, 4) is 0 Å². The Hall–Kier alpha value is -0.410. The third kappa shape index (κ3) is 3.12. The van der Waals surface area contributed by atoms with Gasteiger partial charge in [0.15, 0.2) is 0 Å². The van der Waals surface area contributed by atoms with Crippen molar-refractivity contribution in [1.29, 1.82) is 0 Å². The van der Waals surface area contributed by atoms with E-state index in [-0.39, 0.29) is 0 Å². The van der Waals surface area contributed by atoms with Gasteiger partial charge in [-0.15, -0.1) is 11.3 Å². The van der Waals surface area contributed by atoms with Crippen molar-refractivity contribution in [2.75, 3.05) is 6.54 Å². The highest BCUT2D eigenvalue weighted by atomic mass is 32.1. The van der Waals surface area contributed by atoms with Crippen LogP contribution in [0.3, 0.4) is 0 Å². The van der Waals surface area contributed by atoms with E-state index in [2.05, 4.69) is 26.1 Å². The SMILES string of the molecule is CCNCc1sc(C2CCC(CC)C2)nc1CC. The van der Waals surface area contributed by atoms with E-state index in [4.69, 9.17) is 4.98 Å². The van der Waals surface area contributed by atoms with E-state index in [9.17, 15) is 0 Å². The standard InChI is InChI=1S/C15H26N2S/c1-4-11-7-8-12(9-11)15-17-13(5-2)14(18-15)10-16-6-3/h11-12,16H,4-10H2,1-3H3. The van der Waals surface area contributed by atoms with Crippen molar-refractivity contribution in [1.82, 2.24) is 10.3 Å². The molecule has 1 aliphatic rings. The molecule has 1 aromatic rings. The maximum Gasteiger partial charge on any atom is 0.0962 e. The Bertz CT molecular complexity index is 373. The zero-order valence-corrected chi connectivity index (χ0v) is 12.8. The first-order valence-corrected chi connectivity index (χ1v) is 8.29. The molecule has 2 unspecified atom stereocenters. The molecule has 1 saturated carbocycles. The molecule has 0 bridgehead atoms. The average Bonchev–Trinajstić information content (AvgIpc) is 3.02. The van der Waals surface area contributed by atoms with Gasteiger partial charge in [0.05, 0.1) is 10.7 Å². The van der Waals surface area contributed by atoms with Crippen molar-refractivity contribution in [3.63, 3.8) is 0 Å². The number of hydrogen-bond acceptors (Lipinski definition) is 3. The van der Waals surface area contributed by atoms with Crippen LogP contribution >= 0.6 is 11.3 Å². The molecule has 1 aromatic heterocycles. The highest BCUT2D eigenvalue weighted by Gasteiger charge is 2.27. The van der Waals surface area contributed by atoms with Crippen LogP contribution in [0, 0.1) is 5.92 Å². The van der Waals surface area contributed by atoms with E-state index in [1.165, 1.54) is 41.3 Å². The Morgan fingerprint density at radius 3 is 2.72 bits per heavy atom. The highest BCUT2D eigenvalue weighted by Crippen LogP contribution is 2.41. The predicted molar refractivity (Wildman–Crippen MR) is 79.2 cm³/mol. The van der Waals surface area contributed by atoms with Crippen molar-refractivity contribution in [2.45, 2.75) is 65.3 Å². The van der Waals surface area contributed by atoms with Crippen LogP contribution in [0.15, 0.2) is 0 Å². The van der Waals surface area contributed by atoms with Gasteiger partial charge in [-0.3, -0.25) is 0 Å². The van der Waals surface area contributed by atoms with E-state index in [1.54, 1.807) is 0 Å². The van der Waals surface area contributed by atoms with Gasteiger partial charge in [-0.1, -0.05) is 27.2 Å². The zero-order chi connectivity index (χ0) is 13.0. The molecule has 0 spiro atoms. The molecule has 1 aliphatic carbocycles. The number of thiazole rings is 1. The highest BCUT2D eigenvalue weighted by molar-refractivity contribution is 7.11. The van der Waals surface area contributed by atoms with Gasteiger partial charge >= 0.3 is 0 Å². The second kappa shape index (κ2) is 6.67. The first kappa shape index (κ1) is 14.0. The lowest BCUT2D eigenvalue weighted by atomic mass is 10.0. The van der Waals surface area contributed by atoms with E-state index in [0.29, 0.717) is 0 Å². The van der Waals surface area contributed by atoms with E-state index in [1.807, 2.05) is 11.3 Å². The normalized spacial score (nSPS) is 23.7. The minimum Gasteiger partial charge on any atom is -0.312 e. The molecule has 2 atom stereocenters. The summed E-state index contributed by atoms with van der Waals surface area (Å²) in [6, 6.07) is 0. The lowest BCUT2D eigenvalue weighted by Gasteiger charge is -2.06. The van der Waals surface area contributed by atoms with Gasteiger partial charge in [0, 0.05) is 17.3 Å². The van der Waals surface area contributed by atoms with Crippen LogP contribution < -0.4 is 5.32 Å². The molecule has 18 heavy (non-hydrogen) atoms. The van der Waals surface area contributed by atoms with E-state index >= 15 is 0 Å². The summed E-state index contributed by atoms with van der Waals surface area (Å²) >= 11 is 1.96. The Labute approximate surface area is 115 Å². The number of nitrogens with one attached hydrogen (secondary N) is 1. The molecule has 0 radical (unpaired) electrons. The quantitative estimate of drug-likeness (QED) is 0.838. The number of hydrogen-bond donors (Lipinski definition) is 1. The number of rotatable bonds is 6. The van der Waals surface area contributed by atoms with Gasteiger partial charge in [0.1, 0.15) is 0 Å². The van der Waals surface area contributed by atoms with Crippen LogP contribution in [0.2, 0.25) is 0 Å². The van der Waals surface area contributed by atoms with Crippen LogP contribution in [0.5, 0.6) is 0 Å². The molecule has 1 heterocycles. The Balaban J connectivity index is 2.07. The third-order valence-corrected chi connectivity index (χ3v) is 5.39. The average molecular weight is 266 g/mol. The number of nitrogens with zero attached hydrogens (tertiary/aromatic N) is 1. The van der Waals surface area contributed by atoms with E-state index in [0.717, 1.165) is 31.3 Å². The second-order valence-corrected chi connectivity index (χ2v) is 6.46. The van der Waals surface area contributed by atoms with Gasteiger partial charge in [-0.25, -0.2) is 4.98 Å². The van der Waals surface area contributed by atoms with Gasteiger partial charge in [-0.2, -0.15) is 0 Å². The van der Waals surface area contributed by atoms with Crippen LogP contribution in [0.4, 0.5) is 0 Å². The summed E-state index contributed by atoms with van der Waals surface area (Å²) in [5.74, 6) is 1.70. The summed E-state index contributed by atoms with van der Waals surface area (Å²) < 4.78 is 0. The summed E-state index contributed by atoms with van der Waals surface area (Å²) in [5.41, 5.74) is 1.33. The molecule has 0 aromatic carbocycles. The summed E-state index contributed by atoms with van der Waals surface area (Å²) in [7, 11) is 0. The van der Waals surface area contributed by atoms with Crippen molar-refractivity contribution < 1.29 is 0 Å². The predicted octanol–water partition coefficient (Wildman–Crippen LogP) is 4.11. The summed E-state index contributed by atoms with van der Waals surface area (Å²) in [5, 5.41) is 4.85. The molecule has 1 N–H and O–H groups in total. The summed E-state index contributed by atoms with van der Waals surface area (Å²) in [6.07, 6.45) is 6.54. The molecule has 102 valence electrons. The summed E-state index contributed by atoms with van der Waals surface area (Å²) in [4.78, 5) is 6.38. The lowest BCUT2D eigenvalue weighted by Crippen LogP contribution is -2.11. The number of aryl methyl sites for hydroxylation is 1. The second-order valence-electron chi connectivity index (χ2n) is 5.34. The molecule has 0 saturated heterocycles. The third-order valence-electron chi connectivity index (χ3n) is 4.13. The van der Waals surface area contributed by atoms with Gasteiger partial charge in [-0.05, 0) is 38.1 Å². The summed E-state index contributed by atoms with van der Waals surface area (Å²) in [6.45, 7) is 8.75. The number of aromatic nitrogens is 1. The van der Waals surface area contributed by atoms with Crippen molar-refractivity contribution >= 4 is 11.3 Å². The molecular formula is C15H26N2S. The maximum atomic E-state index is 4.91. The van der Waals surface area contributed by atoms with Gasteiger partial charge in [0.25, 0.3) is 0 Å². The fourth-order valence-corrected chi connectivity index (χ4v) is 4.17. The minimum atomic E-state index is 0.751. The van der Waals surface area contributed by atoms with E-state index < -0.39 is 0 Å². The Kier molecular flexibility index (Phi) is 5.19. The topological polar surface area (TPSA) is 24.9 Å². The smallest absolute Gasteiger partial charge is 0.0962 e. The fourth-order valence-electron chi connectivity index (χ4n) is 2.90. The Morgan fingerprint density at radius 2 is 2.11 bits per heavy atom. The van der Waals surface area contributed by atoms with Crippen LogP contribution in [-0.2, 0) is 13.0 Å². The molecule has 0 amide bonds.